The minimum atomic E-state index is 0.451. The summed E-state index contributed by atoms with van der Waals surface area (Å²) in [7, 11) is 0. The average molecular weight is 403 g/mol. The average Bonchev–Trinajstić information content (AvgIpc) is 3.54. The molecule has 4 N–H and O–H groups in total. The molecule has 30 heavy (non-hydrogen) atoms. The molecule has 0 aliphatic carbocycles. The lowest BCUT2D eigenvalue weighted by molar-refractivity contribution is -0.629. The van der Waals surface area contributed by atoms with Crippen molar-refractivity contribution in [1.29, 1.82) is 0 Å². The summed E-state index contributed by atoms with van der Waals surface area (Å²) >= 11 is 0. The Morgan fingerprint density at radius 3 is 2.97 bits per heavy atom. The number of quaternary nitrogens is 1. The third kappa shape index (κ3) is 3.11. The highest BCUT2D eigenvalue weighted by atomic mass is 15.7. The van der Waals surface area contributed by atoms with E-state index in [1.807, 2.05) is 39.5 Å². The van der Waals surface area contributed by atoms with Gasteiger partial charge in [0.15, 0.2) is 0 Å². The highest BCUT2D eigenvalue weighted by Crippen LogP contribution is 2.27. The van der Waals surface area contributed by atoms with Crippen molar-refractivity contribution in [1.82, 2.24) is 40.0 Å². The minimum Gasteiger partial charge on any atom is -0.317 e. The van der Waals surface area contributed by atoms with Crippen molar-refractivity contribution in [2.45, 2.75) is 25.4 Å². The predicted molar refractivity (Wildman–Crippen MR) is 110 cm³/mol. The lowest BCUT2D eigenvalue weighted by Gasteiger charge is -2.22. The monoisotopic (exact) mass is 403 g/mol. The first kappa shape index (κ1) is 17.5. The molecule has 152 valence electrons. The van der Waals surface area contributed by atoms with E-state index in [0.717, 1.165) is 60.0 Å². The van der Waals surface area contributed by atoms with Crippen LogP contribution >= 0.6 is 0 Å². The number of piperidine rings is 1. The van der Waals surface area contributed by atoms with Gasteiger partial charge in [-0.05, 0) is 37.6 Å². The number of hydrogen-bond donors (Lipinski definition) is 3. The summed E-state index contributed by atoms with van der Waals surface area (Å²) in [5.74, 6) is 1.67. The van der Waals surface area contributed by atoms with Gasteiger partial charge in [0.25, 0.3) is 5.82 Å². The Morgan fingerprint density at radius 1 is 1.10 bits per heavy atom. The Morgan fingerprint density at radius 2 is 2.03 bits per heavy atom. The van der Waals surface area contributed by atoms with Crippen molar-refractivity contribution in [3.05, 3.63) is 54.9 Å². The highest BCUT2D eigenvalue weighted by molar-refractivity contribution is 5.63. The second-order valence-corrected chi connectivity index (χ2v) is 7.74. The van der Waals surface area contributed by atoms with Crippen molar-refractivity contribution in [3.63, 3.8) is 0 Å². The van der Waals surface area contributed by atoms with E-state index < -0.39 is 0 Å². The fourth-order valence-electron chi connectivity index (χ4n) is 4.13. The van der Waals surface area contributed by atoms with E-state index >= 15 is 0 Å². The molecule has 10 nitrogen and oxygen atoms in total. The first-order chi connectivity index (χ1) is 14.8. The molecular formula is C20H23N10+. The number of imidazole rings is 1. The second kappa shape index (κ2) is 7.17. The van der Waals surface area contributed by atoms with Gasteiger partial charge in [-0.25, -0.2) is 15.0 Å². The molecule has 0 amide bonds. The number of aromatic nitrogens is 6. The van der Waals surface area contributed by atoms with E-state index in [1.54, 1.807) is 6.20 Å². The topological polar surface area (TPSA) is 105 Å². The lowest BCUT2D eigenvalue weighted by atomic mass is 10.1. The Balaban J connectivity index is 1.26. The maximum Gasteiger partial charge on any atom is 0.290 e. The smallest absolute Gasteiger partial charge is 0.290 e. The molecule has 0 unspecified atom stereocenters. The van der Waals surface area contributed by atoms with Gasteiger partial charge in [-0.15, -0.1) is 0 Å². The Hall–Kier alpha value is -3.34. The van der Waals surface area contributed by atoms with Crippen LogP contribution in [0.1, 0.15) is 24.4 Å². The molecule has 10 heteroatoms. The van der Waals surface area contributed by atoms with Gasteiger partial charge in [-0.3, -0.25) is 4.68 Å². The van der Waals surface area contributed by atoms with Crippen LogP contribution in [-0.4, -0.2) is 42.2 Å². The van der Waals surface area contributed by atoms with Crippen LogP contribution in [0.3, 0.4) is 0 Å². The van der Waals surface area contributed by atoms with Gasteiger partial charge >= 0.3 is 0 Å². The van der Waals surface area contributed by atoms with Gasteiger partial charge in [0.2, 0.25) is 5.82 Å². The largest absolute Gasteiger partial charge is 0.317 e. The van der Waals surface area contributed by atoms with Gasteiger partial charge in [0.1, 0.15) is 5.65 Å². The van der Waals surface area contributed by atoms with E-state index in [9.17, 15) is 0 Å². The molecule has 1 saturated heterocycles. The fraction of sp³-hybridized carbons (Fsp3) is 0.300. The zero-order valence-electron chi connectivity index (χ0n) is 16.4. The molecule has 4 aromatic rings. The summed E-state index contributed by atoms with van der Waals surface area (Å²) in [4.78, 5) is 13.8. The summed E-state index contributed by atoms with van der Waals surface area (Å²) in [6.45, 7) is 2.75. The number of fused-ring (bicyclic) bond motifs is 2. The number of nitrogens with two attached hydrogens (primary N) is 1. The number of rotatable bonds is 4. The number of hydrazine groups is 1. The molecule has 1 fully saturated rings. The Labute approximate surface area is 172 Å². The molecular weight excluding hydrogens is 380 g/mol. The molecule has 0 atom stereocenters. The van der Waals surface area contributed by atoms with Crippen LogP contribution < -0.4 is 21.3 Å². The van der Waals surface area contributed by atoms with Gasteiger partial charge in [-0.1, -0.05) is 11.6 Å². The summed E-state index contributed by atoms with van der Waals surface area (Å²) < 4.78 is 4.10. The number of pyridine rings is 1. The second-order valence-electron chi connectivity index (χ2n) is 7.74. The Kier molecular flexibility index (Phi) is 4.18. The quantitative estimate of drug-likeness (QED) is 0.427. The molecule has 0 aromatic carbocycles. The molecule has 0 saturated carbocycles. The van der Waals surface area contributed by atoms with Crippen LogP contribution in [0.4, 0.5) is 11.6 Å². The van der Waals surface area contributed by atoms with Crippen molar-refractivity contribution in [3.8, 4) is 11.3 Å². The molecule has 6 rings (SSSR count). The first-order valence-corrected chi connectivity index (χ1v) is 10.2. The first-order valence-electron chi connectivity index (χ1n) is 10.2. The van der Waals surface area contributed by atoms with Gasteiger partial charge in [-0.2, -0.15) is 15.5 Å². The van der Waals surface area contributed by atoms with Gasteiger partial charge < -0.3 is 9.72 Å². The number of anilines is 1. The maximum absolute atomic E-state index is 4.90. The molecule has 2 aliphatic heterocycles. The number of nitrogens with one attached hydrogen (secondary N) is 2. The number of hydrogen-bond acceptors (Lipinski definition) is 7. The molecule has 0 bridgehead atoms. The van der Waals surface area contributed by atoms with E-state index in [0.29, 0.717) is 12.6 Å². The summed E-state index contributed by atoms with van der Waals surface area (Å²) in [5, 5.41) is 10.0. The van der Waals surface area contributed by atoms with Crippen LogP contribution in [0.25, 0.3) is 16.9 Å². The van der Waals surface area contributed by atoms with E-state index in [1.165, 1.54) is 0 Å². The number of nitrogens with zero attached hydrogens (tertiary/aromatic N) is 7. The van der Waals surface area contributed by atoms with Crippen molar-refractivity contribution in [2.24, 2.45) is 0 Å². The van der Waals surface area contributed by atoms with E-state index in [-0.39, 0.29) is 0 Å². The zero-order chi connectivity index (χ0) is 19.9. The molecule has 0 spiro atoms. The fourth-order valence-corrected chi connectivity index (χ4v) is 4.13. The molecule has 0 radical (unpaired) electrons. The van der Waals surface area contributed by atoms with Crippen LogP contribution in [0.15, 0.2) is 49.3 Å². The van der Waals surface area contributed by atoms with Gasteiger partial charge in [0.05, 0.1) is 30.7 Å². The summed E-state index contributed by atoms with van der Waals surface area (Å²) in [5.41, 5.74) is 9.09. The maximum atomic E-state index is 4.90. The molecule has 4 aromatic heterocycles. The van der Waals surface area contributed by atoms with Crippen LogP contribution in [0.5, 0.6) is 0 Å². The standard InChI is InChI=1S/C20H22N10/c1-2-18-22-7-8-28(18)11-14(1)12-30-20-19(26-27-30)23-10-17(25-20)15-9-24-29(13-15)16-3-5-21-6-4-16/h1-2,7-11,13,16,21,27H,3-6,12H2,(H,23,26)/p+1. The normalized spacial score (nSPS) is 17.0. The Bertz CT molecular complexity index is 1190. The van der Waals surface area contributed by atoms with Crippen molar-refractivity contribution >= 4 is 17.3 Å². The zero-order valence-corrected chi connectivity index (χ0v) is 16.4. The molecule has 6 heterocycles. The van der Waals surface area contributed by atoms with Crippen molar-refractivity contribution in [2.75, 3.05) is 18.1 Å². The van der Waals surface area contributed by atoms with Crippen LogP contribution in [0, 0.1) is 0 Å². The molecule has 2 aliphatic rings. The van der Waals surface area contributed by atoms with Crippen molar-refractivity contribution < 1.29 is 5.43 Å². The van der Waals surface area contributed by atoms with Crippen LogP contribution in [0.2, 0.25) is 0 Å². The summed E-state index contributed by atoms with van der Waals surface area (Å²) in [6, 6.07) is 4.56. The highest BCUT2D eigenvalue weighted by Gasteiger charge is 2.27. The SMILES string of the molecule is c1cn2cc(CN3N[NH2+]c4ncc(-c5cnn(C6CCNCC6)c5)nc43)ccc2n1. The van der Waals surface area contributed by atoms with Crippen LogP contribution in [-0.2, 0) is 6.54 Å². The lowest BCUT2D eigenvalue weighted by Crippen LogP contribution is -2.88. The summed E-state index contributed by atoms with van der Waals surface area (Å²) in [6.07, 6.45) is 13.9. The van der Waals surface area contributed by atoms with E-state index in [4.69, 9.17) is 4.98 Å². The predicted octanol–water partition coefficient (Wildman–Crippen LogP) is 0.547. The van der Waals surface area contributed by atoms with E-state index in [2.05, 4.69) is 49.1 Å². The third-order valence-electron chi connectivity index (χ3n) is 5.76. The minimum absolute atomic E-state index is 0.451. The van der Waals surface area contributed by atoms with Gasteiger partial charge in [0, 0.05) is 30.4 Å². The third-order valence-corrected chi connectivity index (χ3v) is 5.76.